The molecule has 1 N–H and O–H groups in total. The van der Waals surface area contributed by atoms with Crippen LogP contribution in [0.2, 0.25) is 0 Å². The third kappa shape index (κ3) is 4.04. The highest BCUT2D eigenvalue weighted by Crippen LogP contribution is 2.13. The van der Waals surface area contributed by atoms with Crippen molar-refractivity contribution in [2.45, 2.75) is 38.9 Å². The first kappa shape index (κ1) is 11.9. The maximum absolute atomic E-state index is 9.55. The molecule has 0 bridgehead atoms. The molecule has 0 rings (SSSR count). The minimum Gasteiger partial charge on any atom is -0.388 e. The Kier molecular flexibility index (Phi) is 5.46. The molecular weight excluding hydrogens is 156 g/mol. The third-order valence-electron chi connectivity index (χ3n) is 1.95. The summed E-state index contributed by atoms with van der Waals surface area (Å²) in [5.74, 6) is 0. The largest absolute Gasteiger partial charge is 0.388 e. The van der Waals surface area contributed by atoms with Gasteiger partial charge < -0.3 is 14.6 Å². The molecule has 0 radical (unpaired) electrons. The van der Waals surface area contributed by atoms with Crippen LogP contribution in [0.3, 0.4) is 0 Å². The number of hydrogen-bond acceptors (Lipinski definition) is 3. The van der Waals surface area contributed by atoms with Crippen LogP contribution in [0.5, 0.6) is 0 Å². The van der Waals surface area contributed by atoms with Gasteiger partial charge in [-0.1, -0.05) is 6.92 Å². The lowest BCUT2D eigenvalue weighted by atomic mass is 10.0. The second-order valence-corrected chi connectivity index (χ2v) is 3.40. The van der Waals surface area contributed by atoms with Crippen molar-refractivity contribution in [1.82, 2.24) is 0 Å². The lowest BCUT2D eigenvalue weighted by Gasteiger charge is -2.28. The maximum atomic E-state index is 9.55. The maximum Gasteiger partial charge on any atom is 0.106 e. The summed E-state index contributed by atoms with van der Waals surface area (Å²) >= 11 is 0. The average molecular weight is 176 g/mol. The Labute approximate surface area is 74.7 Å². The third-order valence-corrected chi connectivity index (χ3v) is 1.95. The fraction of sp³-hybridized carbons (Fsp3) is 1.00. The quantitative estimate of drug-likeness (QED) is 0.618. The topological polar surface area (TPSA) is 38.7 Å². The second-order valence-electron chi connectivity index (χ2n) is 3.40. The molecule has 0 aliphatic heterocycles. The molecule has 3 nitrogen and oxygen atoms in total. The summed E-state index contributed by atoms with van der Waals surface area (Å²) in [7, 11) is 1.59. The van der Waals surface area contributed by atoms with Crippen LogP contribution in [-0.4, -0.2) is 37.1 Å². The van der Waals surface area contributed by atoms with Crippen molar-refractivity contribution in [1.29, 1.82) is 0 Å². The summed E-state index contributed by atoms with van der Waals surface area (Å²) in [6, 6.07) is 0. The van der Waals surface area contributed by atoms with Gasteiger partial charge in [-0.2, -0.15) is 0 Å². The van der Waals surface area contributed by atoms with Gasteiger partial charge in [-0.05, 0) is 20.3 Å². The highest BCUT2D eigenvalue weighted by molar-refractivity contribution is 4.77. The molecule has 74 valence electrons. The minimum absolute atomic E-state index is 0.342. The van der Waals surface area contributed by atoms with E-state index in [0.29, 0.717) is 13.2 Å². The van der Waals surface area contributed by atoms with E-state index in [1.165, 1.54) is 0 Å². The van der Waals surface area contributed by atoms with Gasteiger partial charge in [0.1, 0.15) is 6.10 Å². The fourth-order valence-electron chi connectivity index (χ4n) is 0.676. The zero-order chi connectivity index (χ0) is 9.61. The number of ether oxygens (including phenoxy) is 2. The normalized spacial score (nSPS) is 14.8. The standard InChI is InChI=1S/C9H20O3/c1-5-6-12-7-8(10)9(2,3)11-4/h8,10H,5-7H2,1-4H3. The lowest BCUT2D eigenvalue weighted by molar-refractivity contribution is -0.106. The molecule has 1 unspecified atom stereocenters. The summed E-state index contributed by atoms with van der Waals surface area (Å²) < 4.78 is 10.3. The van der Waals surface area contributed by atoms with Gasteiger partial charge in [0.15, 0.2) is 0 Å². The Morgan fingerprint density at radius 3 is 2.42 bits per heavy atom. The molecule has 0 saturated heterocycles. The van der Waals surface area contributed by atoms with E-state index in [1.807, 2.05) is 20.8 Å². The number of aliphatic hydroxyl groups excluding tert-OH is 1. The van der Waals surface area contributed by atoms with E-state index in [0.717, 1.165) is 6.42 Å². The summed E-state index contributed by atoms with van der Waals surface area (Å²) in [6.45, 7) is 6.75. The Balaban J connectivity index is 3.63. The van der Waals surface area contributed by atoms with Crippen molar-refractivity contribution in [3.05, 3.63) is 0 Å². The van der Waals surface area contributed by atoms with Crippen LogP contribution >= 0.6 is 0 Å². The van der Waals surface area contributed by atoms with Crippen molar-refractivity contribution in [3.63, 3.8) is 0 Å². The average Bonchev–Trinajstić information content (AvgIpc) is 2.05. The second kappa shape index (κ2) is 5.51. The number of methoxy groups -OCH3 is 1. The van der Waals surface area contributed by atoms with E-state index in [1.54, 1.807) is 7.11 Å². The fourth-order valence-corrected chi connectivity index (χ4v) is 0.676. The molecule has 3 heteroatoms. The van der Waals surface area contributed by atoms with Crippen LogP contribution in [0.25, 0.3) is 0 Å². The number of hydrogen-bond donors (Lipinski definition) is 1. The first-order valence-corrected chi connectivity index (χ1v) is 4.35. The van der Waals surface area contributed by atoms with Gasteiger partial charge in [-0.15, -0.1) is 0 Å². The Morgan fingerprint density at radius 2 is 2.00 bits per heavy atom. The van der Waals surface area contributed by atoms with Gasteiger partial charge >= 0.3 is 0 Å². The Hall–Kier alpha value is -0.120. The van der Waals surface area contributed by atoms with Crippen LogP contribution in [-0.2, 0) is 9.47 Å². The van der Waals surface area contributed by atoms with Crippen LogP contribution < -0.4 is 0 Å². The van der Waals surface area contributed by atoms with E-state index < -0.39 is 11.7 Å². The summed E-state index contributed by atoms with van der Waals surface area (Å²) in [5, 5.41) is 9.55. The van der Waals surface area contributed by atoms with E-state index in [4.69, 9.17) is 9.47 Å². The van der Waals surface area contributed by atoms with Gasteiger partial charge in [0.25, 0.3) is 0 Å². The summed E-state index contributed by atoms with van der Waals surface area (Å²) in [6.07, 6.45) is 0.411. The predicted octanol–water partition coefficient (Wildman–Crippen LogP) is 1.20. The molecular formula is C9H20O3. The molecule has 0 aromatic carbocycles. The van der Waals surface area contributed by atoms with Gasteiger partial charge in [0.05, 0.1) is 12.2 Å². The van der Waals surface area contributed by atoms with Crippen LogP contribution in [0, 0.1) is 0 Å². The first-order valence-electron chi connectivity index (χ1n) is 4.35. The highest BCUT2D eigenvalue weighted by Gasteiger charge is 2.27. The van der Waals surface area contributed by atoms with Gasteiger partial charge in [-0.3, -0.25) is 0 Å². The highest BCUT2D eigenvalue weighted by atomic mass is 16.5. The monoisotopic (exact) mass is 176 g/mol. The molecule has 12 heavy (non-hydrogen) atoms. The zero-order valence-corrected chi connectivity index (χ0v) is 8.46. The van der Waals surface area contributed by atoms with Crippen molar-refractivity contribution in [2.24, 2.45) is 0 Å². The molecule has 0 aromatic heterocycles. The molecule has 0 heterocycles. The van der Waals surface area contributed by atoms with E-state index in [-0.39, 0.29) is 0 Å². The van der Waals surface area contributed by atoms with Crippen molar-refractivity contribution in [3.8, 4) is 0 Å². The molecule has 0 aromatic rings. The van der Waals surface area contributed by atoms with Crippen molar-refractivity contribution < 1.29 is 14.6 Å². The summed E-state index contributed by atoms with van der Waals surface area (Å²) in [5.41, 5.74) is -0.520. The Morgan fingerprint density at radius 1 is 1.42 bits per heavy atom. The van der Waals surface area contributed by atoms with Crippen LogP contribution in [0.1, 0.15) is 27.2 Å². The lowest BCUT2D eigenvalue weighted by Crippen LogP contribution is -2.41. The Bertz CT molecular complexity index is 112. The van der Waals surface area contributed by atoms with Gasteiger partial charge in [0.2, 0.25) is 0 Å². The van der Waals surface area contributed by atoms with Crippen molar-refractivity contribution >= 4 is 0 Å². The number of aliphatic hydroxyl groups is 1. The van der Waals surface area contributed by atoms with E-state index in [2.05, 4.69) is 0 Å². The van der Waals surface area contributed by atoms with Gasteiger partial charge in [0, 0.05) is 13.7 Å². The van der Waals surface area contributed by atoms with Gasteiger partial charge in [-0.25, -0.2) is 0 Å². The zero-order valence-electron chi connectivity index (χ0n) is 8.46. The number of rotatable bonds is 6. The predicted molar refractivity (Wildman–Crippen MR) is 48.2 cm³/mol. The van der Waals surface area contributed by atoms with E-state index in [9.17, 15) is 5.11 Å². The summed E-state index contributed by atoms with van der Waals surface area (Å²) in [4.78, 5) is 0. The first-order chi connectivity index (χ1) is 5.54. The molecule has 0 aliphatic carbocycles. The minimum atomic E-state index is -0.561. The van der Waals surface area contributed by atoms with Crippen LogP contribution in [0.4, 0.5) is 0 Å². The smallest absolute Gasteiger partial charge is 0.106 e. The molecule has 0 amide bonds. The molecule has 0 aliphatic rings. The molecule has 0 fully saturated rings. The molecule has 1 atom stereocenters. The molecule has 0 spiro atoms. The SMILES string of the molecule is CCCOCC(O)C(C)(C)OC. The van der Waals surface area contributed by atoms with Crippen LogP contribution in [0.15, 0.2) is 0 Å². The molecule has 0 saturated carbocycles. The van der Waals surface area contributed by atoms with E-state index >= 15 is 0 Å². The van der Waals surface area contributed by atoms with Crippen molar-refractivity contribution in [2.75, 3.05) is 20.3 Å².